The van der Waals surface area contributed by atoms with E-state index in [1.54, 1.807) is 24.3 Å². The van der Waals surface area contributed by atoms with Crippen LogP contribution in [0.3, 0.4) is 0 Å². The molecule has 0 aliphatic heterocycles. The summed E-state index contributed by atoms with van der Waals surface area (Å²) >= 11 is 6.15. The van der Waals surface area contributed by atoms with Gasteiger partial charge in [-0.25, -0.2) is 4.79 Å². The lowest BCUT2D eigenvalue weighted by molar-refractivity contribution is -0.120. The van der Waals surface area contributed by atoms with E-state index < -0.39 is 5.97 Å². The average molecular weight is 383 g/mol. The molecule has 138 valence electrons. The molecule has 6 heteroatoms. The lowest BCUT2D eigenvalue weighted by Crippen LogP contribution is -2.28. The van der Waals surface area contributed by atoms with Gasteiger partial charge in [0.2, 0.25) is 5.91 Å². The van der Waals surface area contributed by atoms with Crippen LogP contribution in [0.5, 0.6) is 0 Å². The van der Waals surface area contributed by atoms with Crippen LogP contribution in [-0.2, 0) is 22.4 Å². The number of hydrogen-bond acceptors (Lipinski definition) is 3. The highest BCUT2D eigenvalue weighted by Crippen LogP contribution is 2.33. The van der Waals surface area contributed by atoms with Crippen molar-refractivity contribution >= 4 is 40.1 Å². The molecular formula is C21H19ClN2O3. The van der Waals surface area contributed by atoms with E-state index in [4.69, 9.17) is 16.3 Å². The summed E-state index contributed by atoms with van der Waals surface area (Å²) in [4.78, 5) is 27.9. The minimum absolute atomic E-state index is 0.0426. The van der Waals surface area contributed by atoms with Gasteiger partial charge in [0, 0.05) is 33.2 Å². The number of amides is 1. The number of fused-ring (bicyclic) bond motifs is 3. The predicted molar refractivity (Wildman–Crippen MR) is 105 cm³/mol. The van der Waals surface area contributed by atoms with E-state index in [-0.39, 0.29) is 11.8 Å². The van der Waals surface area contributed by atoms with Crippen LogP contribution in [0.1, 0.15) is 28.0 Å². The van der Waals surface area contributed by atoms with Crippen molar-refractivity contribution in [1.29, 1.82) is 0 Å². The minimum Gasteiger partial charge on any atom is -0.465 e. The van der Waals surface area contributed by atoms with E-state index in [0.717, 1.165) is 23.7 Å². The normalized spacial score (nSPS) is 16.0. The second-order valence-electron chi connectivity index (χ2n) is 6.77. The molecule has 1 aliphatic carbocycles. The second-order valence-corrected chi connectivity index (χ2v) is 7.21. The van der Waals surface area contributed by atoms with Gasteiger partial charge in [0.15, 0.2) is 0 Å². The molecule has 0 spiro atoms. The van der Waals surface area contributed by atoms with Crippen molar-refractivity contribution in [2.24, 2.45) is 5.92 Å². The Balaban J connectivity index is 1.54. The van der Waals surface area contributed by atoms with Gasteiger partial charge in [-0.05, 0) is 61.2 Å². The molecular weight excluding hydrogens is 364 g/mol. The van der Waals surface area contributed by atoms with E-state index >= 15 is 0 Å². The van der Waals surface area contributed by atoms with Crippen LogP contribution in [0.15, 0.2) is 42.5 Å². The summed E-state index contributed by atoms with van der Waals surface area (Å²) in [6, 6.07) is 12.6. The number of anilines is 1. The van der Waals surface area contributed by atoms with Crippen LogP contribution in [0.2, 0.25) is 5.02 Å². The number of carbonyl (C=O) groups excluding carboxylic acids is 2. The number of benzene rings is 2. The largest absolute Gasteiger partial charge is 0.465 e. The Bertz CT molecular complexity index is 1040. The highest BCUT2D eigenvalue weighted by Gasteiger charge is 2.27. The standard InChI is InChI=1S/C21H19ClN2O3/c1-27-21(26)13-3-2-4-15(9-13)23-20(25)12-5-7-18-16(10-12)17-11-14(22)6-8-19(17)24-18/h2-4,6,8-9,11-12,24H,5,7,10H2,1H3,(H,23,25). The highest BCUT2D eigenvalue weighted by molar-refractivity contribution is 6.31. The van der Waals surface area contributed by atoms with Crippen molar-refractivity contribution in [3.8, 4) is 0 Å². The van der Waals surface area contributed by atoms with Crippen molar-refractivity contribution < 1.29 is 14.3 Å². The first-order chi connectivity index (χ1) is 13.0. The van der Waals surface area contributed by atoms with Gasteiger partial charge in [0.1, 0.15) is 0 Å². The smallest absolute Gasteiger partial charge is 0.337 e. The predicted octanol–water partition coefficient (Wildman–Crippen LogP) is 4.35. The molecule has 1 amide bonds. The fourth-order valence-electron chi connectivity index (χ4n) is 3.70. The average Bonchev–Trinajstić information content (AvgIpc) is 3.04. The van der Waals surface area contributed by atoms with Gasteiger partial charge >= 0.3 is 5.97 Å². The molecule has 1 aliphatic rings. The molecule has 4 rings (SSSR count). The van der Waals surface area contributed by atoms with Crippen LogP contribution in [0.4, 0.5) is 5.69 Å². The van der Waals surface area contributed by atoms with Gasteiger partial charge in [-0.3, -0.25) is 4.79 Å². The molecule has 3 aromatic rings. The van der Waals surface area contributed by atoms with E-state index in [0.29, 0.717) is 22.7 Å². The summed E-state index contributed by atoms with van der Waals surface area (Å²) in [5.41, 5.74) is 4.41. The number of rotatable bonds is 3. The molecule has 27 heavy (non-hydrogen) atoms. The Morgan fingerprint density at radius 3 is 2.89 bits per heavy atom. The monoisotopic (exact) mass is 382 g/mol. The van der Waals surface area contributed by atoms with Crippen LogP contribution >= 0.6 is 11.6 Å². The SMILES string of the molecule is COC(=O)c1cccc(NC(=O)C2CCc3[nH]c4ccc(Cl)cc4c3C2)c1. The third-order valence-corrected chi connectivity index (χ3v) is 5.31. The molecule has 2 aromatic carbocycles. The van der Waals surface area contributed by atoms with Gasteiger partial charge in [0.05, 0.1) is 12.7 Å². The Morgan fingerprint density at radius 1 is 1.22 bits per heavy atom. The number of methoxy groups -OCH3 is 1. The summed E-state index contributed by atoms with van der Waals surface area (Å²) in [5, 5.41) is 4.71. The first-order valence-electron chi connectivity index (χ1n) is 8.83. The number of hydrogen-bond donors (Lipinski definition) is 2. The summed E-state index contributed by atoms with van der Waals surface area (Å²) in [5.74, 6) is -0.597. The molecule has 1 unspecified atom stereocenters. The molecule has 0 saturated carbocycles. The molecule has 0 saturated heterocycles. The van der Waals surface area contributed by atoms with E-state index in [2.05, 4.69) is 10.3 Å². The highest BCUT2D eigenvalue weighted by atomic mass is 35.5. The summed E-state index contributed by atoms with van der Waals surface area (Å²) in [6.45, 7) is 0. The van der Waals surface area contributed by atoms with Crippen LogP contribution < -0.4 is 5.32 Å². The Kier molecular flexibility index (Phi) is 4.62. The third-order valence-electron chi connectivity index (χ3n) is 5.07. The number of nitrogens with one attached hydrogen (secondary N) is 2. The quantitative estimate of drug-likeness (QED) is 0.661. The summed E-state index contributed by atoms with van der Waals surface area (Å²) in [7, 11) is 1.33. The number of aromatic nitrogens is 1. The fourth-order valence-corrected chi connectivity index (χ4v) is 3.87. The van der Waals surface area contributed by atoms with Crippen molar-refractivity contribution in [3.05, 3.63) is 64.3 Å². The number of carbonyl (C=O) groups is 2. The molecule has 1 atom stereocenters. The first-order valence-corrected chi connectivity index (χ1v) is 9.21. The van der Waals surface area contributed by atoms with Crippen molar-refractivity contribution in [2.75, 3.05) is 12.4 Å². The molecule has 5 nitrogen and oxygen atoms in total. The maximum Gasteiger partial charge on any atom is 0.337 e. The minimum atomic E-state index is -0.427. The maximum atomic E-state index is 12.8. The van der Waals surface area contributed by atoms with Crippen LogP contribution in [0.25, 0.3) is 10.9 Å². The Hall–Kier alpha value is -2.79. The van der Waals surface area contributed by atoms with E-state index in [1.807, 2.05) is 18.2 Å². The van der Waals surface area contributed by atoms with Gasteiger partial charge in [0.25, 0.3) is 0 Å². The van der Waals surface area contributed by atoms with E-state index in [9.17, 15) is 9.59 Å². The molecule has 1 heterocycles. The number of H-pyrrole nitrogens is 1. The fraction of sp³-hybridized carbons (Fsp3) is 0.238. The van der Waals surface area contributed by atoms with Crippen molar-refractivity contribution in [2.45, 2.75) is 19.3 Å². The maximum absolute atomic E-state index is 12.8. The number of aryl methyl sites for hydroxylation is 1. The molecule has 0 fully saturated rings. The lowest BCUT2D eigenvalue weighted by Gasteiger charge is -2.22. The third kappa shape index (κ3) is 3.43. The number of ether oxygens (including phenoxy) is 1. The molecule has 1 aromatic heterocycles. The van der Waals surface area contributed by atoms with Crippen molar-refractivity contribution in [1.82, 2.24) is 4.98 Å². The van der Waals surface area contributed by atoms with E-state index in [1.165, 1.54) is 18.4 Å². The zero-order valence-electron chi connectivity index (χ0n) is 14.8. The van der Waals surface area contributed by atoms with Crippen LogP contribution in [0, 0.1) is 5.92 Å². The van der Waals surface area contributed by atoms with Gasteiger partial charge in [-0.1, -0.05) is 17.7 Å². The summed E-state index contributed by atoms with van der Waals surface area (Å²) < 4.78 is 4.73. The van der Waals surface area contributed by atoms with Gasteiger partial charge in [-0.2, -0.15) is 0 Å². The number of aromatic amines is 1. The number of halogens is 1. The number of esters is 1. The summed E-state index contributed by atoms with van der Waals surface area (Å²) in [6.07, 6.45) is 2.26. The van der Waals surface area contributed by atoms with Gasteiger partial charge < -0.3 is 15.0 Å². The second kappa shape index (κ2) is 7.08. The zero-order valence-corrected chi connectivity index (χ0v) is 15.6. The molecule has 2 N–H and O–H groups in total. The van der Waals surface area contributed by atoms with Crippen LogP contribution in [-0.4, -0.2) is 24.0 Å². The lowest BCUT2D eigenvalue weighted by atomic mass is 9.85. The Labute approximate surface area is 161 Å². The molecule has 0 radical (unpaired) electrons. The van der Waals surface area contributed by atoms with Gasteiger partial charge in [-0.15, -0.1) is 0 Å². The topological polar surface area (TPSA) is 71.2 Å². The Morgan fingerprint density at radius 2 is 2.07 bits per heavy atom. The zero-order chi connectivity index (χ0) is 19.0. The van der Waals surface area contributed by atoms with Crippen molar-refractivity contribution in [3.63, 3.8) is 0 Å². The first kappa shape index (κ1) is 17.6. The molecule has 0 bridgehead atoms.